The van der Waals surface area contributed by atoms with Crippen molar-refractivity contribution >= 4 is 23.6 Å². The van der Waals surface area contributed by atoms with Gasteiger partial charge in [0.25, 0.3) is 0 Å². The van der Waals surface area contributed by atoms with Crippen molar-refractivity contribution in [1.29, 1.82) is 0 Å². The van der Waals surface area contributed by atoms with Crippen LogP contribution in [0.25, 0.3) is 0 Å². The topological polar surface area (TPSA) is 98.7 Å². The van der Waals surface area contributed by atoms with Gasteiger partial charge in [-0.1, -0.05) is 0 Å². The first-order chi connectivity index (χ1) is 9.86. The van der Waals surface area contributed by atoms with Crippen molar-refractivity contribution in [3.63, 3.8) is 0 Å². The molecule has 1 aliphatic rings. The average Bonchev–Trinajstić information content (AvgIpc) is 2.36. The zero-order chi connectivity index (χ0) is 15.6. The molecule has 0 saturated carbocycles. The van der Waals surface area contributed by atoms with Gasteiger partial charge in [-0.2, -0.15) is 0 Å². The molecule has 112 valence electrons. The largest absolute Gasteiger partial charge is 0.480 e. The van der Waals surface area contributed by atoms with Crippen molar-refractivity contribution in [2.45, 2.75) is 13.0 Å². The molecule has 1 saturated heterocycles. The normalized spacial score (nSPS) is 18.1. The zero-order valence-electron chi connectivity index (χ0n) is 11.2. The van der Waals surface area contributed by atoms with Crippen LogP contribution in [0.1, 0.15) is 5.56 Å². The van der Waals surface area contributed by atoms with Gasteiger partial charge in [-0.15, -0.1) is 0 Å². The molecule has 1 atom stereocenters. The molecule has 0 aliphatic carbocycles. The third kappa shape index (κ3) is 3.47. The lowest BCUT2D eigenvalue weighted by molar-refractivity contribution is -0.144. The van der Waals surface area contributed by atoms with Crippen LogP contribution in [-0.4, -0.2) is 47.0 Å². The molecular weight excluding hydrogens is 281 g/mol. The molecule has 21 heavy (non-hydrogen) atoms. The second-order valence-corrected chi connectivity index (χ2v) is 4.73. The Morgan fingerprint density at radius 2 is 2.14 bits per heavy atom. The molecule has 7 nitrogen and oxygen atoms in total. The Bertz CT molecular complexity index is 585. The Morgan fingerprint density at radius 3 is 2.76 bits per heavy atom. The molecule has 1 unspecified atom stereocenters. The van der Waals surface area contributed by atoms with E-state index in [4.69, 9.17) is 5.11 Å². The Hall–Kier alpha value is -2.64. The Kier molecular flexibility index (Phi) is 4.06. The third-order valence-corrected chi connectivity index (χ3v) is 3.02. The number of anilines is 1. The minimum Gasteiger partial charge on any atom is -0.480 e. The highest BCUT2D eigenvalue weighted by molar-refractivity contribution is 5.96. The van der Waals surface area contributed by atoms with E-state index in [1.54, 1.807) is 13.0 Å². The van der Waals surface area contributed by atoms with E-state index in [1.165, 1.54) is 6.07 Å². The van der Waals surface area contributed by atoms with E-state index in [1.807, 2.05) is 0 Å². The second-order valence-electron chi connectivity index (χ2n) is 4.73. The lowest BCUT2D eigenvalue weighted by Crippen LogP contribution is -2.60. The molecule has 1 aliphatic heterocycles. The molecule has 8 heteroatoms. The van der Waals surface area contributed by atoms with Crippen LogP contribution in [0.5, 0.6) is 0 Å². The van der Waals surface area contributed by atoms with Crippen LogP contribution < -0.4 is 10.6 Å². The van der Waals surface area contributed by atoms with Gasteiger partial charge in [-0.05, 0) is 30.7 Å². The number of carbonyl (C=O) groups excluding carboxylic acids is 2. The number of nitrogens with zero attached hydrogens (tertiary/aromatic N) is 1. The Balaban J connectivity index is 2.16. The fourth-order valence-electron chi connectivity index (χ4n) is 2.08. The highest BCUT2D eigenvalue weighted by Gasteiger charge is 2.35. The van der Waals surface area contributed by atoms with Gasteiger partial charge in [-0.25, -0.2) is 14.0 Å². The summed E-state index contributed by atoms with van der Waals surface area (Å²) >= 11 is 0. The molecule has 1 aromatic rings. The lowest BCUT2D eigenvalue weighted by atomic mass is 10.2. The highest BCUT2D eigenvalue weighted by Crippen LogP contribution is 2.15. The average molecular weight is 295 g/mol. The maximum Gasteiger partial charge on any atom is 0.328 e. The maximum atomic E-state index is 13.3. The maximum absolute atomic E-state index is 13.3. The molecule has 0 spiro atoms. The summed E-state index contributed by atoms with van der Waals surface area (Å²) in [5.74, 6) is -2.19. The lowest BCUT2D eigenvalue weighted by Gasteiger charge is -2.32. The molecule has 0 radical (unpaired) electrons. The summed E-state index contributed by atoms with van der Waals surface area (Å²) in [5, 5.41) is 13.8. The minimum atomic E-state index is -1.22. The standard InChI is InChI=1S/C13H14FN3O4/c1-7-2-8(14)4-9(3-7)16-13(21)17-6-11(18)15-5-10(17)12(19)20/h2-4,10H,5-6H2,1H3,(H,15,18)(H,16,21)(H,19,20). The van der Waals surface area contributed by atoms with Gasteiger partial charge in [0.05, 0.1) is 0 Å². The number of urea groups is 1. The second kappa shape index (κ2) is 5.78. The van der Waals surface area contributed by atoms with Crippen LogP contribution in [0.15, 0.2) is 18.2 Å². The number of halogens is 1. The fraction of sp³-hybridized carbons (Fsp3) is 0.308. The number of carboxylic acids is 1. The zero-order valence-corrected chi connectivity index (χ0v) is 11.2. The van der Waals surface area contributed by atoms with Crippen LogP contribution in [0.2, 0.25) is 0 Å². The number of aryl methyl sites for hydroxylation is 1. The summed E-state index contributed by atoms with van der Waals surface area (Å²) in [6.45, 7) is 1.13. The Morgan fingerprint density at radius 1 is 1.43 bits per heavy atom. The molecule has 2 rings (SSSR count). The fourth-order valence-corrected chi connectivity index (χ4v) is 2.08. The summed E-state index contributed by atoms with van der Waals surface area (Å²) in [5.41, 5.74) is 0.809. The van der Waals surface area contributed by atoms with Crippen LogP contribution in [0.3, 0.4) is 0 Å². The van der Waals surface area contributed by atoms with Gasteiger partial charge >= 0.3 is 12.0 Å². The minimum absolute atomic E-state index is 0.163. The first-order valence-corrected chi connectivity index (χ1v) is 6.21. The van der Waals surface area contributed by atoms with Crippen LogP contribution in [0.4, 0.5) is 14.9 Å². The highest BCUT2D eigenvalue weighted by atomic mass is 19.1. The van der Waals surface area contributed by atoms with Crippen molar-refractivity contribution in [2.24, 2.45) is 0 Å². The predicted octanol–water partition coefficient (Wildman–Crippen LogP) is 0.551. The predicted molar refractivity (Wildman–Crippen MR) is 71.3 cm³/mol. The first-order valence-electron chi connectivity index (χ1n) is 6.21. The number of carbonyl (C=O) groups is 3. The molecule has 1 fully saturated rings. The molecule has 1 heterocycles. The van der Waals surface area contributed by atoms with Crippen molar-refractivity contribution in [3.05, 3.63) is 29.6 Å². The van der Waals surface area contributed by atoms with Crippen LogP contribution in [-0.2, 0) is 9.59 Å². The van der Waals surface area contributed by atoms with E-state index in [-0.39, 0.29) is 18.8 Å². The molecule has 3 amide bonds. The third-order valence-electron chi connectivity index (χ3n) is 3.02. The van der Waals surface area contributed by atoms with Gasteiger partial charge in [0.15, 0.2) is 0 Å². The van der Waals surface area contributed by atoms with E-state index >= 15 is 0 Å². The Labute approximate surface area is 119 Å². The number of piperazine rings is 1. The smallest absolute Gasteiger partial charge is 0.328 e. The number of rotatable bonds is 2. The first kappa shape index (κ1) is 14.8. The molecular formula is C13H14FN3O4. The van der Waals surface area contributed by atoms with Crippen molar-refractivity contribution < 1.29 is 23.9 Å². The molecule has 0 aromatic heterocycles. The number of benzene rings is 1. The number of hydrogen-bond donors (Lipinski definition) is 3. The number of hydrogen-bond acceptors (Lipinski definition) is 3. The van der Waals surface area contributed by atoms with Gasteiger partial charge in [0.2, 0.25) is 5.91 Å². The molecule has 3 N–H and O–H groups in total. The van der Waals surface area contributed by atoms with E-state index in [0.717, 1.165) is 11.0 Å². The quantitative estimate of drug-likeness (QED) is 0.742. The van der Waals surface area contributed by atoms with Gasteiger partial charge in [-0.3, -0.25) is 9.69 Å². The summed E-state index contributed by atoms with van der Waals surface area (Å²) < 4.78 is 13.3. The molecule has 0 bridgehead atoms. The van der Waals surface area contributed by atoms with Gasteiger partial charge in [0.1, 0.15) is 18.4 Å². The SMILES string of the molecule is Cc1cc(F)cc(NC(=O)N2CC(=O)NCC2C(=O)O)c1. The van der Waals surface area contributed by atoms with E-state index in [0.29, 0.717) is 5.56 Å². The number of amides is 3. The number of aliphatic carboxylic acids is 1. The van der Waals surface area contributed by atoms with E-state index < -0.39 is 29.8 Å². The van der Waals surface area contributed by atoms with Crippen LogP contribution >= 0.6 is 0 Å². The number of carboxylic acid groups (broad SMARTS) is 1. The van der Waals surface area contributed by atoms with Crippen LogP contribution in [0, 0.1) is 12.7 Å². The summed E-state index contributed by atoms with van der Waals surface area (Å²) in [6.07, 6.45) is 0. The van der Waals surface area contributed by atoms with Gasteiger partial charge < -0.3 is 15.7 Å². The van der Waals surface area contributed by atoms with Crippen molar-refractivity contribution in [1.82, 2.24) is 10.2 Å². The molecule has 1 aromatic carbocycles. The summed E-state index contributed by atoms with van der Waals surface area (Å²) in [6, 6.07) is 2.04. The summed E-state index contributed by atoms with van der Waals surface area (Å²) in [7, 11) is 0. The number of nitrogens with one attached hydrogen (secondary N) is 2. The van der Waals surface area contributed by atoms with Crippen molar-refractivity contribution in [2.75, 3.05) is 18.4 Å². The van der Waals surface area contributed by atoms with Crippen molar-refractivity contribution in [3.8, 4) is 0 Å². The van der Waals surface area contributed by atoms with E-state index in [9.17, 15) is 18.8 Å². The van der Waals surface area contributed by atoms with E-state index in [2.05, 4.69) is 10.6 Å². The van der Waals surface area contributed by atoms with Gasteiger partial charge in [0, 0.05) is 12.2 Å². The monoisotopic (exact) mass is 295 g/mol. The summed E-state index contributed by atoms with van der Waals surface area (Å²) in [4.78, 5) is 35.4.